The lowest BCUT2D eigenvalue weighted by Crippen LogP contribution is -1.97. The highest BCUT2D eigenvalue weighted by molar-refractivity contribution is 5.32. The van der Waals surface area contributed by atoms with E-state index in [0.717, 1.165) is 25.7 Å². The highest BCUT2D eigenvalue weighted by atomic mass is 14.1. The number of hydrogen-bond acceptors (Lipinski definition) is 0. The van der Waals surface area contributed by atoms with Crippen LogP contribution in [0.4, 0.5) is 0 Å². The van der Waals surface area contributed by atoms with Gasteiger partial charge >= 0.3 is 0 Å². The second kappa shape index (κ2) is 9.01. The molecule has 0 bridgehead atoms. The van der Waals surface area contributed by atoms with Crippen LogP contribution < -0.4 is 0 Å². The van der Waals surface area contributed by atoms with Gasteiger partial charge < -0.3 is 0 Å². The van der Waals surface area contributed by atoms with E-state index in [9.17, 15) is 0 Å². The molecule has 0 nitrogen and oxygen atoms in total. The molecular formula is C26H26. The van der Waals surface area contributed by atoms with Crippen LogP contribution in [0.3, 0.4) is 0 Å². The van der Waals surface area contributed by atoms with Crippen LogP contribution in [-0.2, 0) is 25.7 Å². The van der Waals surface area contributed by atoms with E-state index in [-0.39, 0.29) is 0 Å². The van der Waals surface area contributed by atoms with Crippen molar-refractivity contribution in [2.75, 3.05) is 0 Å². The van der Waals surface area contributed by atoms with Gasteiger partial charge in [0.25, 0.3) is 0 Å². The first-order chi connectivity index (χ1) is 12.7. The van der Waals surface area contributed by atoms with E-state index in [0.29, 0.717) is 0 Å². The first-order valence-corrected chi connectivity index (χ1v) is 9.18. The van der Waals surface area contributed by atoms with Gasteiger partial charge in [-0.3, -0.25) is 0 Å². The van der Waals surface area contributed by atoms with E-state index in [1.54, 1.807) is 0 Å². The highest BCUT2D eigenvalue weighted by Gasteiger charge is 2.03. The number of rotatable bonds is 8. The smallest absolute Gasteiger partial charge is 0.00664 e. The zero-order valence-corrected chi connectivity index (χ0v) is 15.3. The minimum atomic E-state index is 0.924. The van der Waals surface area contributed by atoms with E-state index in [4.69, 9.17) is 0 Å². The summed E-state index contributed by atoms with van der Waals surface area (Å²) in [6.45, 7) is 8.55. The molecule has 0 amide bonds. The Bertz CT molecular complexity index is 786. The monoisotopic (exact) mass is 338 g/mol. The fourth-order valence-electron chi connectivity index (χ4n) is 3.32. The summed E-state index contributed by atoms with van der Waals surface area (Å²) in [5.41, 5.74) is 7.80. The summed E-state index contributed by atoms with van der Waals surface area (Å²) < 4.78 is 0. The van der Waals surface area contributed by atoms with Gasteiger partial charge in [-0.1, -0.05) is 109 Å². The molecule has 3 aromatic rings. The molecular weight excluding hydrogens is 312 g/mol. The zero-order chi connectivity index (χ0) is 18.2. The molecule has 26 heavy (non-hydrogen) atoms. The molecule has 0 aromatic heterocycles. The summed E-state index contributed by atoms with van der Waals surface area (Å²) >= 11 is 0. The standard InChI is InChI=1S/C26H26/c1-21(16-23-10-5-3-6-11-23)18-25-14-9-15-26(20-25)19-22(2)17-24-12-7-4-8-13-24/h3-15,20H,1-2,16-19H2. The third kappa shape index (κ3) is 5.60. The van der Waals surface area contributed by atoms with Crippen molar-refractivity contribution in [3.05, 3.63) is 131 Å². The summed E-state index contributed by atoms with van der Waals surface area (Å²) in [5.74, 6) is 0. The lowest BCUT2D eigenvalue weighted by Gasteiger charge is -2.10. The molecule has 0 saturated carbocycles. The Morgan fingerprint density at radius 3 is 1.23 bits per heavy atom. The van der Waals surface area contributed by atoms with Crippen LogP contribution in [0.25, 0.3) is 0 Å². The molecule has 0 aliphatic rings. The summed E-state index contributed by atoms with van der Waals surface area (Å²) in [4.78, 5) is 0. The highest BCUT2D eigenvalue weighted by Crippen LogP contribution is 2.17. The summed E-state index contributed by atoms with van der Waals surface area (Å²) in [5, 5.41) is 0. The fraction of sp³-hybridized carbons (Fsp3) is 0.154. The van der Waals surface area contributed by atoms with Gasteiger partial charge in [-0.25, -0.2) is 0 Å². The molecule has 0 fully saturated rings. The lowest BCUT2D eigenvalue weighted by atomic mass is 9.95. The average molecular weight is 338 g/mol. The Balaban J connectivity index is 1.57. The third-order valence-electron chi connectivity index (χ3n) is 4.49. The van der Waals surface area contributed by atoms with Crippen LogP contribution in [0.2, 0.25) is 0 Å². The van der Waals surface area contributed by atoms with Gasteiger partial charge in [0.05, 0.1) is 0 Å². The molecule has 3 aromatic carbocycles. The number of hydrogen-bond donors (Lipinski definition) is 0. The van der Waals surface area contributed by atoms with E-state index >= 15 is 0 Å². The molecule has 0 radical (unpaired) electrons. The molecule has 0 aliphatic heterocycles. The predicted octanol–water partition coefficient (Wildman–Crippen LogP) is 6.37. The molecule has 0 heteroatoms. The van der Waals surface area contributed by atoms with Gasteiger partial charge in [-0.05, 0) is 47.9 Å². The predicted molar refractivity (Wildman–Crippen MR) is 112 cm³/mol. The maximum absolute atomic E-state index is 4.27. The van der Waals surface area contributed by atoms with Crippen molar-refractivity contribution in [2.45, 2.75) is 25.7 Å². The molecule has 0 spiro atoms. The molecule has 0 saturated heterocycles. The van der Waals surface area contributed by atoms with Gasteiger partial charge in [0.15, 0.2) is 0 Å². The Morgan fingerprint density at radius 2 is 0.808 bits per heavy atom. The van der Waals surface area contributed by atoms with Crippen LogP contribution in [0.1, 0.15) is 22.3 Å². The topological polar surface area (TPSA) is 0 Å². The summed E-state index contributed by atoms with van der Waals surface area (Å²) in [7, 11) is 0. The quantitative estimate of drug-likeness (QED) is 0.419. The van der Waals surface area contributed by atoms with Crippen LogP contribution in [0.15, 0.2) is 109 Å². The van der Waals surface area contributed by atoms with Crippen molar-refractivity contribution >= 4 is 0 Å². The number of benzene rings is 3. The SMILES string of the molecule is C=C(Cc1ccccc1)Cc1cccc(CC(=C)Cc2ccccc2)c1. The summed E-state index contributed by atoms with van der Waals surface area (Å²) in [6, 6.07) is 29.9. The van der Waals surface area contributed by atoms with Crippen LogP contribution >= 0.6 is 0 Å². The maximum Gasteiger partial charge on any atom is -0.00664 e. The van der Waals surface area contributed by atoms with Gasteiger partial charge in [0.1, 0.15) is 0 Å². The maximum atomic E-state index is 4.27. The van der Waals surface area contributed by atoms with E-state index in [1.165, 1.54) is 33.4 Å². The van der Waals surface area contributed by atoms with Gasteiger partial charge in [-0.15, -0.1) is 0 Å². The van der Waals surface area contributed by atoms with Crippen LogP contribution in [-0.4, -0.2) is 0 Å². The first-order valence-electron chi connectivity index (χ1n) is 9.18. The van der Waals surface area contributed by atoms with E-state index in [2.05, 4.69) is 98.1 Å². The number of allylic oxidation sites excluding steroid dienone is 2. The Hall–Kier alpha value is -2.86. The molecule has 130 valence electrons. The normalized spacial score (nSPS) is 10.5. The molecule has 0 heterocycles. The largest absolute Gasteiger partial charge is 0.0992 e. The molecule has 0 atom stereocenters. The van der Waals surface area contributed by atoms with Crippen molar-refractivity contribution in [1.82, 2.24) is 0 Å². The Kier molecular flexibility index (Phi) is 6.22. The Labute approximate surface area is 157 Å². The molecule has 0 N–H and O–H groups in total. The Morgan fingerprint density at radius 1 is 0.462 bits per heavy atom. The lowest BCUT2D eigenvalue weighted by molar-refractivity contribution is 1.02. The van der Waals surface area contributed by atoms with Crippen LogP contribution in [0.5, 0.6) is 0 Å². The van der Waals surface area contributed by atoms with Crippen LogP contribution in [0, 0.1) is 0 Å². The molecule has 0 aliphatic carbocycles. The van der Waals surface area contributed by atoms with Crippen molar-refractivity contribution in [3.63, 3.8) is 0 Å². The van der Waals surface area contributed by atoms with E-state index in [1.807, 2.05) is 0 Å². The van der Waals surface area contributed by atoms with Crippen molar-refractivity contribution in [3.8, 4) is 0 Å². The van der Waals surface area contributed by atoms with Crippen molar-refractivity contribution < 1.29 is 0 Å². The van der Waals surface area contributed by atoms with E-state index < -0.39 is 0 Å². The second-order valence-electron chi connectivity index (χ2n) is 7.00. The van der Waals surface area contributed by atoms with Crippen molar-refractivity contribution in [2.24, 2.45) is 0 Å². The second-order valence-corrected chi connectivity index (χ2v) is 7.00. The summed E-state index contributed by atoms with van der Waals surface area (Å²) in [6.07, 6.45) is 3.72. The van der Waals surface area contributed by atoms with Gasteiger partial charge in [-0.2, -0.15) is 0 Å². The average Bonchev–Trinajstić information content (AvgIpc) is 2.63. The molecule has 0 unspecified atom stereocenters. The minimum Gasteiger partial charge on any atom is -0.0992 e. The fourth-order valence-corrected chi connectivity index (χ4v) is 3.32. The molecule has 3 rings (SSSR count). The van der Waals surface area contributed by atoms with Gasteiger partial charge in [0, 0.05) is 0 Å². The minimum absolute atomic E-state index is 0.924. The van der Waals surface area contributed by atoms with Crippen molar-refractivity contribution in [1.29, 1.82) is 0 Å². The van der Waals surface area contributed by atoms with Gasteiger partial charge in [0.2, 0.25) is 0 Å². The zero-order valence-electron chi connectivity index (χ0n) is 15.3. The first kappa shape index (κ1) is 17.9. The third-order valence-corrected chi connectivity index (χ3v) is 4.49.